The molecular formula is H6FeLiPS. The van der Waals surface area contributed by atoms with E-state index in [0.717, 1.165) is 0 Å². The van der Waals surface area contributed by atoms with Gasteiger partial charge in [0.25, 0.3) is 0 Å². The third-order valence-corrected chi connectivity index (χ3v) is 0. The molecule has 26 valence electrons. The van der Waals surface area contributed by atoms with Gasteiger partial charge in [-0.2, -0.15) is 23.4 Å². The molecular weight excluding hydrogens is 126 g/mol. The van der Waals surface area contributed by atoms with Gasteiger partial charge in [0.1, 0.15) is 0 Å². The van der Waals surface area contributed by atoms with Gasteiger partial charge in [-0.3, -0.25) is 0 Å². The van der Waals surface area contributed by atoms with Gasteiger partial charge in [-0.15, -0.1) is 0 Å². The molecule has 0 aliphatic carbocycles. The molecule has 0 rings (SSSR count). The maximum atomic E-state index is 0. The van der Waals surface area contributed by atoms with E-state index in [1.165, 1.54) is 0 Å². The number of rotatable bonds is 0. The van der Waals surface area contributed by atoms with Crippen LogP contribution < -0.4 is 0 Å². The quantitative estimate of drug-likeness (QED) is 0.308. The molecule has 1 atom stereocenters. The fourth-order valence-corrected chi connectivity index (χ4v) is 0. The van der Waals surface area contributed by atoms with Crippen molar-refractivity contribution in [3.05, 3.63) is 0 Å². The Labute approximate surface area is 59.2 Å². The van der Waals surface area contributed by atoms with Gasteiger partial charge in [0.2, 0.25) is 0 Å². The van der Waals surface area contributed by atoms with Crippen LogP contribution in [0.15, 0.2) is 0 Å². The fourth-order valence-electron chi connectivity index (χ4n) is 0. The van der Waals surface area contributed by atoms with E-state index in [4.69, 9.17) is 0 Å². The van der Waals surface area contributed by atoms with Gasteiger partial charge in [-0.1, -0.05) is 0 Å². The van der Waals surface area contributed by atoms with Gasteiger partial charge in [-0.25, -0.2) is 0 Å². The van der Waals surface area contributed by atoms with Crippen LogP contribution in [0.5, 0.6) is 0 Å². The minimum absolute atomic E-state index is 0. The monoisotopic (exact) mass is 132 g/mol. The first kappa shape index (κ1) is 39.3. The van der Waals surface area contributed by atoms with E-state index in [9.17, 15) is 0 Å². The molecule has 0 nitrogen and oxygen atoms in total. The van der Waals surface area contributed by atoms with Crippen LogP contribution in [-0.4, -0.2) is 18.9 Å². The summed E-state index contributed by atoms with van der Waals surface area (Å²) in [6.07, 6.45) is 0. The molecule has 4 heavy (non-hydrogen) atoms. The standard InChI is InChI=1S/Fe.Li.H3P.H2S.H/h;;1H3;1H2;. The molecule has 0 aliphatic rings. The molecule has 0 N–H and O–H groups in total. The van der Waals surface area contributed by atoms with Crippen LogP contribution in [0.4, 0.5) is 0 Å². The van der Waals surface area contributed by atoms with Gasteiger partial charge in [0.05, 0.1) is 0 Å². The summed E-state index contributed by atoms with van der Waals surface area (Å²) in [5.41, 5.74) is 0. The second-order valence-electron chi connectivity index (χ2n) is 0. The summed E-state index contributed by atoms with van der Waals surface area (Å²) in [7, 11) is 0. The Morgan fingerprint density at radius 2 is 1.00 bits per heavy atom. The molecule has 0 spiro atoms. The van der Waals surface area contributed by atoms with E-state index in [2.05, 4.69) is 0 Å². The Morgan fingerprint density at radius 1 is 1.00 bits per heavy atom. The SMILES string of the molecule is P.S.[Fe].[LiH]. The van der Waals surface area contributed by atoms with E-state index < -0.39 is 0 Å². The summed E-state index contributed by atoms with van der Waals surface area (Å²) in [6, 6.07) is 0. The summed E-state index contributed by atoms with van der Waals surface area (Å²) in [5.74, 6) is 0. The molecule has 0 fully saturated rings. The second-order valence-corrected chi connectivity index (χ2v) is 0. The number of hydrogen-bond acceptors (Lipinski definition) is 0. The van der Waals surface area contributed by atoms with Crippen molar-refractivity contribution in [2.75, 3.05) is 0 Å². The van der Waals surface area contributed by atoms with E-state index in [1.807, 2.05) is 0 Å². The van der Waals surface area contributed by atoms with Crippen LogP contribution in [0, 0.1) is 0 Å². The van der Waals surface area contributed by atoms with Crippen molar-refractivity contribution in [1.29, 1.82) is 0 Å². The van der Waals surface area contributed by atoms with Crippen molar-refractivity contribution in [2.24, 2.45) is 0 Å². The Balaban J connectivity index is 0. The molecule has 0 aromatic rings. The molecule has 0 aromatic heterocycles. The van der Waals surface area contributed by atoms with Gasteiger partial charge in [0, 0.05) is 17.1 Å². The molecule has 0 saturated carbocycles. The van der Waals surface area contributed by atoms with Crippen LogP contribution in [0.3, 0.4) is 0 Å². The van der Waals surface area contributed by atoms with E-state index in [0.29, 0.717) is 0 Å². The first-order valence-electron chi connectivity index (χ1n) is 0. The molecule has 0 bridgehead atoms. The average Bonchev–Trinajstić information content (AvgIpc) is 0. The zero-order valence-electron chi connectivity index (χ0n) is 1.56. The van der Waals surface area contributed by atoms with Gasteiger partial charge < -0.3 is 0 Å². The predicted octanol–water partition coefficient (Wildman–Crippen LogP) is -0.480. The van der Waals surface area contributed by atoms with E-state index >= 15 is 0 Å². The van der Waals surface area contributed by atoms with E-state index in [-0.39, 0.29) is 59.3 Å². The summed E-state index contributed by atoms with van der Waals surface area (Å²) in [6.45, 7) is 0. The van der Waals surface area contributed by atoms with Crippen LogP contribution in [0.2, 0.25) is 0 Å². The van der Waals surface area contributed by atoms with Crippen LogP contribution in [-0.2, 0) is 17.1 Å². The van der Waals surface area contributed by atoms with Gasteiger partial charge >= 0.3 is 18.9 Å². The van der Waals surface area contributed by atoms with Crippen molar-refractivity contribution >= 4 is 42.3 Å². The molecule has 0 radical (unpaired) electrons. The molecule has 4 heteroatoms. The molecule has 0 saturated heterocycles. The Bertz CT molecular complexity index is 8.00. The van der Waals surface area contributed by atoms with Crippen LogP contribution >= 0.6 is 23.4 Å². The predicted molar refractivity (Wildman–Crippen MR) is 28.6 cm³/mol. The normalized spacial score (nSPS) is 0. The molecule has 0 amide bonds. The second kappa shape index (κ2) is 20.7. The Hall–Kier alpha value is 1.90. The summed E-state index contributed by atoms with van der Waals surface area (Å²) >= 11 is 0. The van der Waals surface area contributed by atoms with Crippen molar-refractivity contribution in [1.82, 2.24) is 0 Å². The molecule has 0 aromatic carbocycles. The topological polar surface area (TPSA) is 0 Å². The van der Waals surface area contributed by atoms with Crippen molar-refractivity contribution in [3.63, 3.8) is 0 Å². The molecule has 1 unspecified atom stereocenters. The van der Waals surface area contributed by atoms with Crippen LogP contribution in [0.25, 0.3) is 0 Å². The zero-order chi connectivity index (χ0) is 0. The fraction of sp³-hybridized carbons (Fsp3) is 0. The minimum atomic E-state index is 0. The Morgan fingerprint density at radius 3 is 1.00 bits per heavy atom. The average molecular weight is 132 g/mol. The van der Waals surface area contributed by atoms with Gasteiger partial charge in [0.15, 0.2) is 0 Å². The van der Waals surface area contributed by atoms with Crippen LogP contribution in [0.1, 0.15) is 0 Å². The molecule has 0 heterocycles. The summed E-state index contributed by atoms with van der Waals surface area (Å²) in [4.78, 5) is 0. The van der Waals surface area contributed by atoms with Crippen molar-refractivity contribution < 1.29 is 17.1 Å². The first-order chi connectivity index (χ1) is 0. The van der Waals surface area contributed by atoms with Crippen molar-refractivity contribution in [2.45, 2.75) is 0 Å². The number of hydrogen-bond donors (Lipinski definition) is 0. The molecule has 0 aliphatic heterocycles. The van der Waals surface area contributed by atoms with Crippen molar-refractivity contribution in [3.8, 4) is 0 Å². The third-order valence-electron chi connectivity index (χ3n) is 0. The third kappa shape index (κ3) is 9.09. The maximum absolute atomic E-state index is 0. The summed E-state index contributed by atoms with van der Waals surface area (Å²) in [5, 5.41) is 0. The summed E-state index contributed by atoms with van der Waals surface area (Å²) < 4.78 is 0. The first-order valence-corrected chi connectivity index (χ1v) is 0. The zero-order valence-corrected chi connectivity index (χ0v) is 5.08. The Kier molecular flexibility index (Phi) is 203. The van der Waals surface area contributed by atoms with Gasteiger partial charge in [-0.05, 0) is 0 Å². The van der Waals surface area contributed by atoms with E-state index in [1.54, 1.807) is 0 Å².